The van der Waals surface area contributed by atoms with Crippen LogP contribution in [0.3, 0.4) is 0 Å². The molecule has 0 amide bonds. The fourth-order valence-corrected chi connectivity index (χ4v) is 6.94. The molecule has 0 saturated heterocycles. The Morgan fingerprint density at radius 1 is 1.00 bits per heavy atom. The third kappa shape index (κ3) is 4.67. The minimum Gasteiger partial charge on any atom is -0.462 e. The Morgan fingerprint density at radius 2 is 1.57 bits per heavy atom. The van der Waals surface area contributed by atoms with E-state index in [2.05, 4.69) is 0 Å². The maximum atomic E-state index is 13.3. The van der Waals surface area contributed by atoms with Crippen LogP contribution in [0.15, 0.2) is 11.6 Å². The van der Waals surface area contributed by atoms with E-state index in [0.29, 0.717) is 12.8 Å². The van der Waals surface area contributed by atoms with Crippen LogP contribution in [0.5, 0.6) is 0 Å². The number of carbonyl (C=O) groups is 5. The maximum absolute atomic E-state index is 13.3. The van der Waals surface area contributed by atoms with Gasteiger partial charge in [-0.25, -0.2) is 4.79 Å². The molecule has 2 fully saturated rings. The summed E-state index contributed by atoms with van der Waals surface area (Å²) in [6.45, 7) is 9.93. The average Bonchev–Trinajstić information content (AvgIpc) is 3.06. The molecule has 2 saturated carbocycles. The molecule has 11 heteroatoms. The number of ketones is 1. The number of hydrogen-bond donors (Lipinski definition) is 2. The molecular formula is C26H36O11. The van der Waals surface area contributed by atoms with Crippen molar-refractivity contribution in [3.63, 3.8) is 0 Å². The van der Waals surface area contributed by atoms with Gasteiger partial charge in [-0.2, -0.15) is 0 Å². The molecule has 3 rings (SSSR count). The molecular weight excluding hydrogens is 488 g/mol. The summed E-state index contributed by atoms with van der Waals surface area (Å²) >= 11 is 0. The minimum atomic E-state index is -2.00. The van der Waals surface area contributed by atoms with E-state index in [-0.39, 0.29) is 12.0 Å². The third-order valence-corrected chi connectivity index (χ3v) is 8.47. The predicted octanol–water partition coefficient (Wildman–Crippen LogP) is 1.37. The highest BCUT2D eigenvalue weighted by atomic mass is 16.6. The normalized spacial score (nSPS) is 38.5. The number of esters is 4. The molecule has 2 N–H and O–H groups in total. The first-order chi connectivity index (χ1) is 17.0. The first-order valence-electron chi connectivity index (χ1n) is 12.3. The SMILES string of the molecule is CC(=O)O[C@@H]1C(C(C)=O)C(CC2=C[C@H](O)OC2=O)[C@@]2(C)[C@@H](OC(C)=O)CCC(C)(C)[C@]2(O)[C@H]1OC(C)=O. The average molecular weight is 525 g/mol. The zero-order valence-electron chi connectivity index (χ0n) is 22.2. The number of cyclic esters (lactones) is 1. The predicted molar refractivity (Wildman–Crippen MR) is 125 cm³/mol. The van der Waals surface area contributed by atoms with Crippen molar-refractivity contribution in [3.05, 3.63) is 11.6 Å². The van der Waals surface area contributed by atoms with Crippen LogP contribution in [0, 0.1) is 22.7 Å². The molecule has 0 radical (unpaired) electrons. The topological polar surface area (TPSA) is 163 Å². The van der Waals surface area contributed by atoms with Crippen LogP contribution in [0.2, 0.25) is 0 Å². The Balaban J connectivity index is 2.37. The molecule has 0 bridgehead atoms. The number of carbonyl (C=O) groups excluding carboxylic acids is 5. The van der Waals surface area contributed by atoms with Gasteiger partial charge in [0.25, 0.3) is 0 Å². The van der Waals surface area contributed by atoms with Crippen molar-refractivity contribution in [1.82, 2.24) is 0 Å². The second kappa shape index (κ2) is 9.83. The second-order valence-corrected chi connectivity index (χ2v) is 11.1. The summed E-state index contributed by atoms with van der Waals surface area (Å²) in [5, 5.41) is 22.6. The molecule has 206 valence electrons. The van der Waals surface area contributed by atoms with Crippen LogP contribution >= 0.6 is 0 Å². The van der Waals surface area contributed by atoms with Gasteiger partial charge in [0.2, 0.25) is 6.29 Å². The van der Waals surface area contributed by atoms with Crippen molar-refractivity contribution in [2.24, 2.45) is 22.7 Å². The van der Waals surface area contributed by atoms with Gasteiger partial charge in [-0.05, 0) is 43.6 Å². The van der Waals surface area contributed by atoms with Gasteiger partial charge >= 0.3 is 23.9 Å². The van der Waals surface area contributed by atoms with Crippen LogP contribution in [0.4, 0.5) is 0 Å². The molecule has 37 heavy (non-hydrogen) atoms. The lowest BCUT2D eigenvalue weighted by atomic mass is 9.40. The summed E-state index contributed by atoms with van der Waals surface area (Å²) < 4.78 is 21.8. The van der Waals surface area contributed by atoms with Gasteiger partial charge in [-0.3, -0.25) is 19.2 Å². The first kappa shape index (κ1) is 28.8. The minimum absolute atomic E-state index is 0.0600. The molecule has 3 aliphatic rings. The molecule has 0 aromatic rings. The lowest BCUT2D eigenvalue weighted by Gasteiger charge is -2.68. The summed E-state index contributed by atoms with van der Waals surface area (Å²) in [6, 6.07) is 0. The summed E-state index contributed by atoms with van der Waals surface area (Å²) in [5.41, 5.74) is -4.42. The van der Waals surface area contributed by atoms with Crippen molar-refractivity contribution in [1.29, 1.82) is 0 Å². The highest BCUT2D eigenvalue weighted by Crippen LogP contribution is 2.66. The summed E-state index contributed by atoms with van der Waals surface area (Å²) in [6.07, 6.45) is -3.64. The Morgan fingerprint density at radius 3 is 2.03 bits per heavy atom. The van der Waals surface area contributed by atoms with Crippen molar-refractivity contribution in [2.75, 3.05) is 0 Å². The Bertz CT molecular complexity index is 1030. The molecule has 11 nitrogen and oxygen atoms in total. The van der Waals surface area contributed by atoms with E-state index in [1.54, 1.807) is 20.8 Å². The van der Waals surface area contributed by atoms with Gasteiger partial charge < -0.3 is 29.2 Å². The van der Waals surface area contributed by atoms with E-state index in [1.807, 2.05) is 0 Å². The standard InChI is InChI=1S/C26H36O11/c1-12(27)20-17(10-16-11-19(31)37-23(16)32)25(7)18(34-13(2)28)8-9-24(5,6)26(25,33)22(36-15(4)30)21(20)35-14(3)29/h11,17-22,31,33H,8-10H2,1-7H3/t17?,18-,19+,20?,21+,22-,25-,26+/m0/s1. The van der Waals surface area contributed by atoms with Crippen LogP contribution < -0.4 is 0 Å². The molecule has 2 unspecified atom stereocenters. The molecule has 1 aliphatic heterocycles. The largest absolute Gasteiger partial charge is 0.462 e. The van der Waals surface area contributed by atoms with E-state index >= 15 is 0 Å². The quantitative estimate of drug-likeness (QED) is 0.381. The fraction of sp³-hybridized carbons (Fsp3) is 0.731. The van der Waals surface area contributed by atoms with Crippen LogP contribution in [0.25, 0.3) is 0 Å². The van der Waals surface area contributed by atoms with E-state index in [1.165, 1.54) is 19.9 Å². The number of fused-ring (bicyclic) bond motifs is 1. The van der Waals surface area contributed by atoms with Crippen molar-refractivity contribution in [3.8, 4) is 0 Å². The van der Waals surface area contributed by atoms with Crippen LogP contribution in [0.1, 0.15) is 67.7 Å². The number of ether oxygens (including phenoxy) is 4. The number of Topliss-reactive ketones (excluding diaryl/α,β-unsaturated/α-hetero) is 1. The summed E-state index contributed by atoms with van der Waals surface area (Å²) in [4.78, 5) is 62.5. The Labute approximate surface area is 215 Å². The van der Waals surface area contributed by atoms with E-state index in [9.17, 15) is 34.2 Å². The van der Waals surface area contributed by atoms with Crippen molar-refractivity contribution in [2.45, 2.75) is 97.9 Å². The zero-order chi connectivity index (χ0) is 28.1. The first-order valence-corrected chi connectivity index (χ1v) is 12.3. The molecule has 0 spiro atoms. The van der Waals surface area contributed by atoms with E-state index in [0.717, 1.165) is 13.8 Å². The molecule has 2 aliphatic carbocycles. The molecule has 0 aromatic carbocycles. The van der Waals surface area contributed by atoms with Gasteiger partial charge in [-0.1, -0.05) is 20.8 Å². The number of hydrogen-bond acceptors (Lipinski definition) is 11. The molecule has 1 heterocycles. The second-order valence-electron chi connectivity index (χ2n) is 11.1. The highest BCUT2D eigenvalue weighted by Gasteiger charge is 2.76. The number of rotatable bonds is 6. The Hall–Kier alpha value is -2.79. The van der Waals surface area contributed by atoms with Gasteiger partial charge in [0, 0.05) is 31.8 Å². The van der Waals surface area contributed by atoms with E-state index in [4.69, 9.17) is 18.9 Å². The van der Waals surface area contributed by atoms with Gasteiger partial charge in [0.15, 0.2) is 12.2 Å². The zero-order valence-corrected chi connectivity index (χ0v) is 22.2. The van der Waals surface area contributed by atoms with Crippen LogP contribution in [-0.2, 0) is 42.9 Å². The maximum Gasteiger partial charge on any atom is 0.336 e. The highest BCUT2D eigenvalue weighted by molar-refractivity contribution is 5.91. The van der Waals surface area contributed by atoms with E-state index < -0.39 is 82.5 Å². The van der Waals surface area contributed by atoms with Crippen molar-refractivity contribution < 1.29 is 53.1 Å². The van der Waals surface area contributed by atoms with Crippen molar-refractivity contribution >= 4 is 29.7 Å². The fourth-order valence-electron chi connectivity index (χ4n) is 6.94. The molecule has 8 atom stereocenters. The number of aliphatic hydroxyl groups is 2. The number of aliphatic hydroxyl groups excluding tert-OH is 1. The van der Waals surface area contributed by atoms with Crippen LogP contribution in [-0.4, -0.2) is 70.1 Å². The van der Waals surface area contributed by atoms with Gasteiger partial charge in [0.05, 0.1) is 5.92 Å². The smallest absolute Gasteiger partial charge is 0.336 e. The Kier molecular flexibility index (Phi) is 7.64. The lowest BCUT2D eigenvalue weighted by Crippen LogP contribution is -2.80. The summed E-state index contributed by atoms with van der Waals surface area (Å²) in [7, 11) is 0. The third-order valence-electron chi connectivity index (χ3n) is 8.47. The lowest BCUT2D eigenvalue weighted by molar-refractivity contribution is -0.332. The monoisotopic (exact) mass is 524 g/mol. The van der Waals surface area contributed by atoms with Gasteiger partial charge in [-0.15, -0.1) is 0 Å². The summed E-state index contributed by atoms with van der Waals surface area (Å²) in [5.74, 6) is -5.53. The van der Waals surface area contributed by atoms with Gasteiger partial charge in [0.1, 0.15) is 17.5 Å². The molecule has 0 aromatic heterocycles.